The number of benzene rings is 1. The third-order valence-electron chi connectivity index (χ3n) is 4.41. The van der Waals surface area contributed by atoms with Crippen molar-refractivity contribution in [2.75, 3.05) is 12.3 Å². The standard InChI is InChI=1S/C18H17N3O2S2/c1-18(2)20(8-9-25-18)15(22)13-10-19-17-21(16(13)23)14(11-24-17)12-6-4-3-5-7-12/h3-7,10-11H,8-9H2,1-2H3. The van der Waals surface area contributed by atoms with E-state index in [2.05, 4.69) is 4.98 Å². The molecule has 2 aromatic heterocycles. The van der Waals surface area contributed by atoms with E-state index in [-0.39, 0.29) is 21.9 Å². The van der Waals surface area contributed by atoms with Crippen molar-refractivity contribution in [2.24, 2.45) is 0 Å². The minimum absolute atomic E-state index is 0.128. The van der Waals surface area contributed by atoms with Gasteiger partial charge in [0.05, 0.1) is 10.6 Å². The van der Waals surface area contributed by atoms with Crippen molar-refractivity contribution in [1.29, 1.82) is 0 Å². The molecule has 1 aliphatic heterocycles. The topological polar surface area (TPSA) is 54.7 Å². The molecular weight excluding hydrogens is 354 g/mol. The molecule has 0 spiro atoms. The van der Waals surface area contributed by atoms with Gasteiger partial charge in [0.2, 0.25) is 0 Å². The van der Waals surface area contributed by atoms with E-state index < -0.39 is 0 Å². The zero-order chi connectivity index (χ0) is 17.6. The number of nitrogens with zero attached hydrogens (tertiary/aromatic N) is 3. The second-order valence-corrected chi connectivity index (χ2v) is 8.87. The summed E-state index contributed by atoms with van der Waals surface area (Å²) < 4.78 is 1.55. The number of carbonyl (C=O) groups excluding carboxylic acids is 1. The number of aromatic nitrogens is 2. The van der Waals surface area contributed by atoms with Gasteiger partial charge in [0.25, 0.3) is 11.5 Å². The van der Waals surface area contributed by atoms with Gasteiger partial charge in [-0.15, -0.1) is 23.1 Å². The smallest absolute Gasteiger partial charge is 0.271 e. The summed E-state index contributed by atoms with van der Waals surface area (Å²) in [5.41, 5.74) is 1.52. The van der Waals surface area contributed by atoms with Gasteiger partial charge in [0.15, 0.2) is 4.96 Å². The van der Waals surface area contributed by atoms with E-state index in [9.17, 15) is 9.59 Å². The Bertz CT molecular complexity index is 1010. The first-order valence-electron chi connectivity index (χ1n) is 7.99. The molecule has 1 aliphatic rings. The van der Waals surface area contributed by atoms with Crippen LogP contribution in [-0.2, 0) is 0 Å². The molecule has 4 rings (SSSR count). The van der Waals surface area contributed by atoms with Crippen LogP contribution in [0.25, 0.3) is 16.2 Å². The summed E-state index contributed by atoms with van der Waals surface area (Å²) in [4.78, 5) is 32.4. The highest BCUT2D eigenvalue weighted by Gasteiger charge is 2.37. The van der Waals surface area contributed by atoms with Gasteiger partial charge in [0, 0.05) is 23.9 Å². The van der Waals surface area contributed by atoms with Gasteiger partial charge in [0.1, 0.15) is 5.56 Å². The van der Waals surface area contributed by atoms with Crippen LogP contribution in [0.1, 0.15) is 24.2 Å². The molecule has 0 atom stereocenters. The zero-order valence-electron chi connectivity index (χ0n) is 13.9. The molecule has 0 aliphatic carbocycles. The normalized spacial score (nSPS) is 16.5. The van der Waals surface area contributed by atoms with Crippen molar-refractivity contribution in [2.45, 2.75) is 18.7 Å². The lowest BCUT2D eigenvalue weighted by molar-refractivity contribution is 0.0705. The summed E-state index contributed by atoms with van der Waals surface area (Å²) in [5.74, 6) is 0.635. The van der Waals surface area contributed by atoms with Crippen molar-refractivity contribution < 1.29 is 4.79 Å². The minimum Gasteiger partial charge on any atom is -0.323 e. The Kier molecular flexibility index (Phi) is 3.92. The second-order valence-electron chi connectivity index (χ2n) is 6.33. The van der Waals surface area contributed by atoms with E-state index in [0.29, 0.717) is 11.5 Å². The molecule has 0 bridgehead atoms. The van der Waals surface area contributed by atoms with Crippen LogP contribution in [0, 0.1) is 0 Å². The summed E-state index contributed by atoms with van der Waals surface area (Å²) in [7, 11) is 0. The maximum Gasteiger partial charge on any atom is 0.271 e. The van der Waals surface area contributed by atoms with Gasteiger partial charge in [-0.25, -0.2) is 4.98 Å². The molecule has 25 heavy (non-hydrogen) atoms. The molecule has 1 aromatic carbocycles. The Morgan fingerprint density at radius 3 is 2.68 bits per heavy atom. The lowest BCUT2D eigenvalue weighted by Crippen LogP contribution is -2.43. The fourth-order valence-electron chi connectivity index (χ4n) is 3.07. The SMILES string of the molecule is CC1(C)SCCN1C(=O)c1cnc2scc(-c3ccccc3)n2c1=O. The van der Waals surface area contributed by atoms with Gasteiger partial charge in [-0.3, -0.25) is 14.0 Å². The molecule has 0 radical (unpaired) electrons. The zero-order valence-corrected chi connectivity index (χ0v) is 15.6. The van der Waals surface area contributed by atoms with Crippen molar-refractivity contribution in [3.8, 4) is 11.3 Å². The number of carbonyl (C=O) groups is 1. The Labute approximate surface area is 153 Å². The highest BCUT2D eigenvalue weighted by molar-refractivity contribution is 8.00. The molecule has 3 aromatic rings. The molecule has 128 valence electrons. The molecule has 3 heterocycles. The Morgan fingerprint density at radius 2 is 2.00 bits per heavy atom. The van der Waals surface area contributed by atoms with Crippen molar-refractivity contribution in [1.82, 2.24) is 14.3 Å². The van der Waals surface area contributed by atoms with Gasteiger partial charge in [-0.2, -0.15) is 0 Å². The average molecular weight is 371 g/mol. The first kappa shape index (κ1) is 16.4. The van der Waals surface area contributed by atoms with Crippen LogP contribution in [0.3, 0.4) is 0 Å². The molecule has 5 nitrogen and oxygen atoms in total. The van der Waals surface area contributed by atoms with Gasteiger partial charge < -0.3 is 4.90 Å². The van der Waals surface area contributed by atoms with E-state index in [1.54, 1.807) is 21.1 Å². The van der Waals surface area contributed by atoms with Crippen molar-refractivity contribution in [3.05, 3.63) is 57.8 Å². The molecule has 7 heteroatoms. The Hall–Kier alpha value is -2.12. The molecule has 1 amide bonds. The second kappa shape index (κ2) is 6.00. The van der Waals surface area contributed by atoms with Gasteiger partial charge in [-0.05, 0) is 19.4 Å². The van der Waals surface area contributed by atoms with Crippen LogP contribution in [0.15, 0.2) is 46.7 Å². The highest BCUT2D eigenvalue weighted by Crippen LogP contribution is 2.35. The summed E-state index contributed by atoms with van der Waals surface area (Å²) >= 11 is 3.12. The average Bonchev–Trinajstić information content (AvgIpc) is 3.19. The molecule has 0 N–H and O–H groups in total. The van der Waals surface area contributed by atoms with Crippen LogP contribution < -0.4 is 5.56 Å². The number of fused-ring (bicyclic) bond motifs is 1. The fraction of sp³-hybridized carbons (Fsp3) is 0.278. The largest absolute Gasteiger partial charge is 0.323 e. The predicted molar refractivity (Wildman–Crippen MR) is 102 cm³/mol. The number of hydrogen-bond donors (Lipinski definition) is 0. The first-order valence-corrected chi connectivity index (χ1v) is 9.86. The number of thioether (sulfide) groups is 1. The Balaban J connectivity index is 1.86. The molecule has 0 saturated carbocycles. The predicted octanol–water partition coefficient (Wildman–Crippen LogP) is 3.35. The highest BCUT2D eigenvalue weighted by atomic mass is 32.2. The van der Waals surface area contributed by atoms with Crippen LogP contribution in [0.2, 0.25) is 0 Å². The van der Waals surface area contributed by atoms with Crippen molar-refractivity contribution >= 4 is 34.0 Å². The first-order chi connectivity index (χ1) is 12.0. The van der Waals surface area contributed by atoms with Gasteiger partial charge >= 0.3 is 0 Å². The van der Waals surface area contributed by atoms with Crippen LogP contribution in [0.5, 0.6) is 0 Å². The molecule has 1 saturated heterocycles. The maximum atomic E-state index is 13.1. The monoisotopic (exact) mass is 371 g/mol. The van der Waals surface area contributed by atoms with Crippen LogP contribution >= 0.6 is 23.1 Å². The molecule has 1 fully saturated rings. The van der Waals surface area contributed by atoms with E-state index in [4.69, 9.17) is 0 Å². The molecular formula is C18H17N3O2S2. The van der Waals surface area contributed by atoms with Crippen LogP contribution in [-0.4, -0.2) is 37.4 Å². The number of hydrogen-bond acceptors (Lipinski definition) is 5. The quantitative estimate of drug-likeness (QED) is 0.693. The summed E-state index contributed by atoms with van der Waals surface area (Å²) in [5, 5.41) is 1.91. The third kappa shape index (κ3) is 2.67. The maximum absolute atomic E-state index is 13.1. The van der Waals surface area contributed by atoms with Crippen molar-refractivity contribution in [3.63, 3.8) is 0 Å². The number of amides is 1. The molecule has 0 unspecified atom stereocenters. The lowest BCUT2D eigenvalue weighted by atomic mass is 10.2. The summed E-state index contributed by atoms with van der Waals surface area (Å²) in [6.07, 6.45) is 1.42. The number of thiazole rings is 1. The van der Waals surface area contributed by atoms with E-state index >= 15 is 0 Å². The van der Waals surface area contributed by atoms with E-state index in [1.807, 2.05) is 49.6 Å². The lowest BCUT2D eigenvalue weighted by Gasteiger charge is -2.30. The third-order valence-corrected chi connectivity index (χ3v) is 6.56. The van der Waals surface area contributed by atoms with E-state index in [1.165, 1.54) is 17.5 Å². The van der Waals surface area contributed by atoms with Crippen LogP contribution in [0.4, 0.5) is 0 Å². The summed E-state index contributed by atoms with van der Waals surface area (Å²) in [6, 6.07) is 9.68. The van der Waals surface area contributed by atoms with Gasteiger partial charge in [-0.1, -0.05) is 30.3 Å². The van der Waals surface area contributed by atoms with E-state index in [0.717, 1.165) is 17.0 Å². The fourth-order valence-corrected chi connectivity index (χ4v) is 5.04. The minimum atomic E-state index is -0.306. The number of rotatable bonds is 2. The Morgan fingerprint density at radius 1 is 1.24 bits per heavy atom. The summed E-state index contributed by atoms with van der Waals surface area (Å²) in [6.45, 7) is 4.66.